The number of aromatic nitrogens is 4. The Labute approximate surface area is 160 Å². The molecule has 2 aromatic carbocycles. The maximum absolute atomic E-state index is 6.29. The Balaban J connectivity index is 1.92. The van der Waals surface area contributed by atoms with Gasteiger partial charge in [0.15, 0.2) is 5.82 Å². The summed E-state index contributed by atoms with van der Waals surface area (Å²) in [5, 5.41) is 12.4. The first-order valence-corrected chi connectivity index (χ1v) is 8.85. The van der Waals surface area contributed by atoms with Crippen LogP contribution in [0.2, 0.25) is 5.02 Å². The fourth-order valence-corrected chi connectivity index (χ4v) is 3.28. The Morgan fingerprint density at radius 1 is 1.07 bits per heavy atom. The van der Waals surface area contributed by atoms with Gasteiger partial charge in [0.1, 0.15) is 17.3 Å². The van der Waals surface area contributed by atoms with Crippen LogP contribution >= 0.6 is 11.6 Å². The highest BCUT2D eigenvalue weighted by Gasteiger charge is 2.17. The average Bonchev–Trinajstić information content (AvgIpc) is 3.13. The van der Waals surface area contributed by atoms with E-state index < -0.39 is 0 Å². The fraction of sp³-hybridized carbons (Fsp3) is 0.211. The predicted molar refractivity (Wildman–Crippen MR) is 106 cm³/mol. The van der Waals surface area contributed by atoms with E-state index in [0.29, 0.717) is 33.7 Å². The van der Waals surface area contributed by atoms with Crippen molar-refractivity contribution in [1.29, 1.82) is 0 Å². The first kappa shape index (κ1) is 17.4. The summed E-state index contributed by atoms with van der Waals surface area (Å²) in [5.74, 6) is 2.55. The number of ether oxygens (including phenoxy) is 2. The van der Waals surface area contributed by atoms with Crippen LogP contribution in [0.25, 0.3) is 16.7 Å². The number of para-hydroxylation sites is 2. The third kappa shape index (κ3) is 2.90. The molecule has 27 heavy (non-hydrogen) atoms. The molecule has 0 aliphatic heterocycles. The minimum absolute atomic E-state index is 0.466. The van der Waals surface area contributed by atoms with Crippen molar-refractivity contribution in [3.8, 4) is 11.5 Å². The Bertz CT molecular complexity index is 1140. The molecule has 4 aromatic rings. The van der Waals surface area contributed by atoms with Crippen LogP contribution in [0.5, 0.6) is 11.5 Å². The van der Waals surface area contributed by atoms with Crippen molar-refractivity contribution >= 4 is 39.8 Å². The monoisotopic (exact) mass is 383 g/mol. The van der Waals surface area contributed by atoms with E-state index in [1.54, 1.807) is 26.4 Å². The fourth-order valence-electron chi connectivity index (χ4n) is 3.04. The zero-order valence-electron chi connectivity index (χ0n) is 15.2. The van der Waals surface area contributed by atoms with Crippen LogP contribution in [-0.4, -0.2) is 33.8 Å². The van der Waals surface area contributed by atoms with E-state index in [0.717, 1.165) is 23.3 Å². The van der Waals surface area contributed by atoms with Crippen molar-refractivity contribution in [3.05, 3.63) is 47.2 Å². The number of rotatable bonds is 5. The Hall–Kier alpha value is -3.06. The van der Waals surface area contributed by atoms with Crippen LogP contribution in [0.3, 0.4) is 0 Å². The number of hydrogen-bond donors (Lipinski definition) is 1. The van der Waals surface area contributed by atoms with Crippen LogP contribution < -0.4 is 14.8 Å². The van der Waals surface area contributed by atoms with E-state index in [1.165, 1.54) is 0 Å². The number of anilines is 2. The Morgan fingerprint density at radius 2 is 1.85 bits per heavy atom. The number of aryl methyl sites for hydroxylation is 1. The Kier molecular flexibility index (Phi) is 4.45. The summed E-state index contributed by atoms with van der Waals surface area (Å²) in [5.41, 5.74) is 3.09. The number of methoxy groups -OCH3 is 2. The Morgan fingerprint density at radius 3 is 2.59 bits per heavy atom. The van der Waals surface area contributed by atoms with Crippen molar-refractivity contribution in [1.82, 2.24) is 19.6 Å². The lowest BCUT2D eigenvalue weighted by Gasteiger charge is -2.14. The maximum atomic E-state index is 6.29. The summed E-state index contributed by atoms with van der Waals surface area (Å²) in [7, 11) is 3.15. The minimum Gasteiger partial charge on any atom is -0.495 e. The van der Waals surface area contributed by atoms with E-state index in [2.05, 4.69) is 15.5 Å². The van der Waals surface area contributed by atoms with Gasteiger partial charge in [-0.05, 0) is 18.2 Å². The molecule has 8 heteroatoms. The van der Waals surface area contributed by atoms with Crippen LogP contribution in [0.4, 0.5) is 11.5 Å². The second-order valence-corrected chi connectivity index (χ2v) is 6.30. The molecule has 0 fully saturated rings. The lowest BCUT2D eigenvalue weighted by Crippen LogP contribution is -2.03. The highest BCUT2D eigenvalue weighted by Crippen LogP contribution is 2.37. The molecular weight excluding hydrogens is 366 g/mol. The molecule has 0 saturated heterocycles. The van der Waals surface area contributed by atoms with Crippen LogP contribution in [0.1, 0.15) is 12.7 Å². The predicted octanol–water partition coefficient (Wildman–Crippen LogP) is 4.25. The highest BCUT2D eigenvalue weighted by atomic mass is 35.5. The lowest BCUT2D eigenvalue weighted by molar-refractivity contribution is 0.396. The quantitative estimate of drug-likeness (QED) is 0.555. The van der Waals surface area contributed by atoms with Gasteiger partial charge in [0, 0.05) is 12.5 Å². The van der Waals surface area contributed by atoms with Gasteiger partial charge in [-0.25, -0.2) is 4.98 Å². The molecule has 4 rings (SSSR count). The van der Waals surface area contributed by atoms with E-state index in [1.807, 2.05) is 35.6 Å². The molecule has 138 valence electrons. The molecule has 0 aliphatic carbocycles. The van der Waals surface area contributed by atoms with Gasteiger partial charge in [-0.2, -0.15) is 0 Å². The van der Waals surface area contributed by atoms with Gasteiger partial charge in [0.05, 0.1) is 36.0 Å². The number of halogens is 1. The summed E-state index contributed by atoms with van der Waals surface area (Å²) in [6.07, 6.45) is 0.756. The van der Waals surface area contributed by atoms with Gasteiger partial charge >= 0.3 is 0 Å². The standard InChI is InChI=1S/C19H18ClN5O2/c1-4-17-23-24-19-18(21-12-7-5-6-8-14(12)25(17)19)22-13-9-11(20)15(26-2)10-16(13)27-3/h5-10H,4H2,1-3H3,(H,21,22). The second-order valence-electron chi connectivity index (χ2n) is 5.89. The first-order chi connectivity index (χ1) is 13.2. The first-order valence-electron chi connectivity index (χ1n) is 8.47. The third-order valence-electron chi connectivity index (χ3n) is 4.34. The average molecular weight is 384 g/mol. The van der Waals surface area contributed by atoms with Crippen molar-refractivity contribution in [2.75, 3.05) is 19.5 Å². The van der Waals surface area contributed by atoms with Crippen molar-refractivity contribution < 1.29 is 9.47 Å². The SMILES string of the molecule is CCc1nnc2c(Nc3cc(Cl)c(OC)cc3OC)nc3ccccc3n12. The van der Waals surface area contributed by atoms with Crippen LogP contribution in [0.15, 0.2) is 36.4 Å². The zero-order valence-corrected chi connectivity index (χ0v) is 15.9. The van der Waals surface area contributed by atoms with Crippen LogP contribution in [0, 0.1) is 0 Å². The third-order valence-corrected chi connectivity index (χ3v) is 4.64. The summed E-state index contributed by atoms with van der Waals surface area (Å²) in [6.45, 7) is 2.05. The minimum atomic E-state index is 0.466. The summed E-state index contributed by atoms with van der Waals surface area (Å²) >= 11 is 6.29. The van der Waals surface area contributed by atoms with Crippen molar-refractivity contribution in [3.63, 3.8) is 0 Å². The summed E-state index contributed by atoms with van der Waals surface area (Å²) in [6, 6.07) is 11.4. The molecular formula is C19H18ClN5O2. The van der Waals surface area contributed by atoms with Gasteiger partial charge in [-0.3, -0.25) is 4.40 Å². The molecule has 1 N–H and O–H groups in total. The number of nitrogens with zero attached hydrogens (tertiary/aromatic N) is 4. The second kappa shape index (κ2) is 6.92. The van der Waals surface area contributed by atoms with Crippen LogP contribution in [-0.2, 0) is 6.42 Å². The van der Waals surface area contributed by atoms with Gasteiger partial charge in [-0.15, -0.1) is 10.2 Å². The zero-order chi connectivity index (χ0) is 19.0. The normalized spacial score (nSPS) is 11.1. The number of benzene rings is 2. The molecule has 0 radical (unpaired) electrons. The molecule has 0 atom stereocenters. The molecule has 0 aliphatic rings. The number of fused-ring (bicyclic) bond motifs is 3. The largest absolute Gasteiger partial charge is 0.495 e. The van der Waals surface area contributed by atoms with E-state index in [9.17, 15) is 0 Å². The summed E-state index contributed by atoms with van der Waals surface area (Å²) in [4.78, 5) is 4.73. The van der Waals surface area contributed by atoms with Gasteiger partial charge in [-0.1, -0.05) is 30.7 Å². The van der Waals surface area contributed by atoms with E-state index >= 15 is 0 Å². The summed E-state index contributed by atoms with van der Waals surface area (Å²) < 4.78 is 12.7. The molecule has 0 amide bonds. The topological polar surface area (TPSA) is 73.6 Å². The molecule has 0 bridgehead atoms. The molecule has 0 unspecified atom stereocenters. The van der Waals surface area contributed by atoms with Gasteiger partial charge in [0.2, 0.25) is 5.65 Å². The van der Waals surface area contributed by atoms with Gasteiger partial charge < -0.3 is 14.8 Å². The van der Waals surface area contributed by atoms with Crippen molar-refractivity contribution in [2.24, 2.45) is 0 Å². The molecule has 2 aromatic heterocycles. The molecule has 2 heterocycles. The number of nitrogens with one attached hydrogen (secondary N) is 1. The smallest absolute Gasteiger partial charge is 0.204 e. The highest BCUT2D eigenvalue weighted by molar-refractivity contribution is 6.32. The van der Waals surface area contributed by atoms with Crippen molar-refractivity contribution in [2.45, 2.75) is 13.3 Å². The van der Waals surface area contributed by atoms with Gasteiger partial charge in [0.25, 0.3) is 0 Å². The lowest BCUT2D eigenvalue weighted by atomic mass is 10.2. The van der Waals surface area contributed by atoms with E-state index in [-0.39, 0.29) is 0 Å². The maximum Gasteiger partial charge on any atom is 0.204 e. The molecule has 7 nitrogen and oxygen atoms in total. The van der Waals surface area contributed by atoms with E-state index in [4.69, 9.17) is 26.1 Å². The molecule has 0 spiro atoms. The molecule has 0 saturated carbocycles. The number of hydrogen-bond acceptors (Lipinski definition) is 6.